The highest BCUT2D eigenvalue weighted by Crippen LogP contribution is 2.33. The van der Waals surface area contributed by atoms with Gasteiger partial charge in [0.05, 0.1) is 17.8 Å². The molecule has 0 bridgehead atoms. The summed E-state index contributed by atoms with van der Waals surface area (Å²) >= 11 is 6.00. The molecule has 112 valence electrons. The van der Waals surface area contributed by atoms with Gasteiger partial charge < -0.3 is 15.4 Å². The van der Waals surface area contributed by atoms with Gasteiger partial charge in [-0.15, -0.1) is 0 Å². The van der Waals surface area contributed by atoms with Crippen molar-refractivity contribution in [3.63, 3.8) is 0 Å². The molecule has 2 rings (SSSR count). The molecule has 5 nitrogen and oxygen atoms in total. The van der Waals surface area contributed by atoms with Gasteiger partial charge in [-0.2, -0.15) is 0 Å². The van der Waals surface area contributed by atoms with Gasteiger partial charge in [-0.1, -0.05) is 18.5 Å². The fourth-order valence-corrected chi connectivity index (χ4v) is 1.96. The minimum Gasteiger partial charge on any atom is -0.490 e. The van der Waals surface area contributed by atoms with Gasteiger partial charge in [0, 0.05) is 6.54 Å². The van der Waals surface area contributed by atoms with E-state index in [2.05, 4.69) is 27.5 Å². The smallest absolute Gasteiger partial charge is 0.204 e. The van der Waals surface area contributed by atoms with Gasteiger partial charge in [0.1, 0.15) is 12.1 Å². The maximum Gasteiger partial charge on any atom is 0.204 e. The highest BCUT2D eigenvalue weighted by molar-refractivity contribution is 6.33. The summed E-state index contributed by atoms with van der Waals surface area (Å²) < 4.78 is 18.4. The average molecular weight is 311 g/mol. The van der Waals surface area contributed by atoms with Gasteiger partial charge in [-0.05, 0) is 24.6 Å². The number of aromatic nitrogens is 2. The van der Waals surface area contributed by atoms with Crippen LogP contribution in [-0.2, 0) is 0 Å². The number of halogens is 2. The Bertz CT molecular complexity index is 624. The van der Waals surface area contributed by atoms with Crippen molar-refractivity contribution in [1.82, 2.24) is 9.97 Å². The van der Waals surface area contributed by atoms with Crippen LogP contribution in [-0.4, -0.2) is 23.6 Å². The summed E-state index contributed by atoms with van der Waals surface area (Å²) in [6.07, 6.45) is 2.37. The molecule has 0 unspecified atom stereocenters. The van der Waals surface area contributed by atoms with Crippen LogP contribution in [0.15, 0.2) is 24.5 Å². The van der Waals surface area contributed by atoms with Crippen LogP contribution in [0, 0.1) is 5.82 Å². The summed E-state index contributed by atoms with van der Waals surface area (Å²) in [7, 11) is 1.53. The lowest BCUT2D eigenvalue weighted by atomic mass is 10.3. The summed E-state index contributed by atoms with van der Waals surface area (Å²) in [5, 5.41) is 6.44. The number of nitrogens with one attached hydrogen (secondary N) is 2. The van der Waals surface area contributed by atoms with E-state index in [1.165, 1.54) is 25.6 Å². The van der Waals surface area contributed by atoms with Gasteiger partial charge in [-0.3, -0.25) is 0 Å². The van der Waals surface area contributed by atoms with Crippen molar-refractivity contribution >= 4 is 28.9 Å². The highest BCUT2D eigenvalue weighted by Gasteiger charge is 2.13. The van der Waals surface area contributed by atoms with E-state index in [0.717, 1.165) is 13.0 Å². The van der Waals surface area contributed by atoms with Crippen molar-refractivity contribution in [2.45, 2.75) is 13.3 Å². The highest BCUT2D eigenvalue weighted by atomic mass is 35.5. The van der Waals surface area contributed by atoms with Crippen LogP contribution in [0.25, 0.3) is 0 Å². The number of ether oxygens (including phenoxy) is 1. The van der Waals surface area contributed by atoms with Gasteiger partial charge in [0.25, 0.3) is 0 Å². The van der Waals surface area contributed by atoms with E-state index in [9.17, 15) is 4.39 Å². The van der Waals surface area contributed by atoms with Crippen LogP contribution in [0.3, 0.4) is 0 Å². The third-order valence-electron chi connectivity index (χ3n) is 2.73. The molecule has 2 N–H and O–H groups in total. The van der Waals surface area contributed by atoms with Crippen molar-refractivity contribution < 1.29 is 9.13 Å². The van der Waals surface area contributed by atoms with Crippen LogP contribution in [0.2, 0.25) is 5.02 Å². The fraction of sp³-hybridized carbons (Fsp3) is 0.286. The molecular formula is C14H16ClFN4O. The monoisotopic (exact) mass is 310 g/mol. The fourth-order valence-electron chi connectivity index (χ4n) is 1.74. The molecule has 0 aliphatic heterocycles. The molecule has 7 heteroatoms. The lowest BCUT2D eigenvalue weighted by Crippen LogP contribution is -2.07. The van der Waals surface area contributed by atoms with Crippen molar-refractivity contribution in [2.24, 2.45) is 0 Å². The van der Waals surface area contributed by atoms with Crippen LogP contribution >= 0.6 is 11.6 Å². The zero-order chi connectivity index (χ0) is 15.2. The van der Waals surface area contributed by atoms with E-state index in [0.29, 0.717) is 23.1 Å². The molecule has 0 radical (unpaired) electrons. The van der Waals surface area contributed by atoms with Crippen molar-refractivity contribution in [2.75, 3.05) is 24.3 Å². The number of anilines is 3. The normalized spacial score (nSPS) is 10.3. The largest absolute Gasteiger partial charge is 0.490 e. The summed E-state index contributed by atoms with van der Waals surface area (Å²) in [5.74, 6) is 1.13. The van der Waals surface area contributed by atoms with E-state index in [4.69, 9.17) is 16.3 Å². The van der Waals surface area contributed by atoms with Gasteiger partial charge in [0.2, 0.25) is 5.75 Å². The molecule has 1 aromatic heterocycles. The average Bonchev–Trinajstić information content (AvgIpc) is 2.48. The molecule has 1 heterocycles. The third kappa shape index (κ3) is 3.72. The predicted octanol–water partition coefficient (Wildman–Crippen LogP) is 3.84. The van der Waals surface area contributed by atoms with Gasteiger partial charge in [0.15, 0.2) is 11.6 Å². The molecule has 0 spiro atoms. The molecular weight excluding hydrogens is 295 g/mol. The van der Waals surface area contributed by atoms with Crippen LogP contribution in [0.5, 0.6) is 5.75 Å². The molecule has 0 saturated heterocycles. The Morgan fingerprint density at radius 2 is 2.05 bits per heavy atom. The Labute approximate surface area is 127 Å². The SMILES string of the molecule is CCCNc1ncnc(Nc2ccc(F)cc2Cl)c1OC. The zero-order valence-corrected chi connectivity index (χ0v) is 12.5. The molecule has 0 saturated carbocycles. The topological polar surface area (TPSA) is 59.1 Å². The van der Waals surface area contributed by atoms with Gasteiger partial charge in [-0.25, -0.2) is 14.4 Å². The number of hydrogen-bond donors (Lipinski definition) is 2. The summed E-state index contributed by atoms with van der Waals surface area (Å²) in [6, 6.07) is 4.09. The van der Waals surface area contributed by atoms with Crippen LogP contribution < -0.4 is 15.4 Å². The van der Waals surface area contributed by atoms with Crippen molar-refractivity contribution in [3.8, 4) is 5.75 Å². The minimum atomic E-state index is -0.398. The Morgan fingerprint density at radius 1 is 1.29 bits per heavy atom. The van der Waals surface area contributed by atoms with Gasteiger partial charge >= 0.3 is 0 Å². The van der Waals surface area contributed by atoms with Crippen molar-refractivity contribution in [3.05, 3.63) is 35.4 Å². The Morgan fingerprint density at radius 3 is 2.71 bits per heavy atom. The Hall–Kier alpha value is -2.08. The number of rotatable bonds is 6. The standard InChI is InChI=1S/C14H16ClFN4O/c1-3-6-17-13-12(21-2)14(19-8-18-13)20-11-5-4-9(16)7-10(11)15/h4-5,7-8H,3,6H2,1-2H3,(H2,17,18,19,20). The third-order valence-corrected chi connectivity index (χ3v) is 3.05. The molecule has 1 aromatic carbocycles. The maximum absolute atomic E-state index is 13.1. The quantitative estimate of drug-likeness (QED) is 0.849. The lowest BCUT2D eigenvalue weighted by Gasteiger charge is -2.14. The first kappa shape index (κ1) is 15.3. The van der Waals surface area contributed by atoms with E-state index >= 15 is 0 Å². The summed E-state index contributed by atoms with van der Waals surface area (Å²) in [4.78, 5) is 8.28. The molecule has 2 aromatic rings. The second-order valence-corrected chi connectivity index (χ2v) is 4.69. The maximum atomic E-state index is 13.1. The summed E-state index contributed by atoms with van der Waals surface area (Å²) in [5.41, 5.74) is 0.538. The Balaban J connectivity index is 2.30. The predicted molar refractivity (Wildman–Crippen MR) is 82.1 cm³/mol. The minimum absolute atomic E-state index is 0.263. The molecule has 0 aliphatic rings. The molecule has 0 fully saturated rings. The molecule has 0 aliphatic carbocycles. The van der Waals surface area contributed by atoms with Crippen molar-refractivity contribution in [1.29, 1.82) is 0 Å². The number of benzene rings is 1. The first-order valence-corrected chi connectivity index (χ1v) is 6.88. The Kier molecular flexibility index (Phi) is 5.16. The first-order valence-electron chi connectivity index (χ1n) is 6.50. The second kappa shape index (κ2) is 7.08. The van der Waals surface area contributed by atoms with E-state index in [1.807, 2.05) is 0 Å². The number of nitrogens with zero attached hydrogens (tertiary/aromatic N) is 2. The molecule has 0 atom stereocenters. The summed E-state index contributed by atoms with van der Waals surface area (Å²) in [6.45, 7) is 2.82. The zero-order valence-electron chi connectivity index (χ0n) is 11.8. The van der Waals surface area contributed by atoms with Crippen LogP contribution in [0.4, 0.5) is 21.7 Å². The van der Waals surface area contributed by atoms with E-state index in [-0.39, 0.29) is 5.02 Å². The van der Waals surface area contributed by atoms with Crippen LogP contribution in [0.1, 0.15) is 13.3 Å². The van der Waals surface area contributed by atoms with E-state index < -0.39 is 5.82 Å². The second-order valence-electron chi connectivity index (χ2n) is 4.28. The van der Waals surface area contributed by atoms with E-state index in [1.54, 1.807) is 6.07 Å². The first-order chi connectivity index (χ1) is 10.2. The molecule has 0 amide bonds. The lowest BCUT2D eigenvalue weighted by molar-refractivity contribution is 0.415. The number of hydrogen-bond acceptors (Lipinski definition) is 5. The molecule has 21 heavy (non-hydrogen) atoms. The number of methoxy groups -OCH3 is 1.